The molecule has 1 heterocycles. The molecule has 118 valence electrons. The van der Waals surface area contributed by atoms with Crippen molar-refractivity contribution in [2.45, 2.75) is 33.0 Å². The van der Waals surface area contributed by atoms with E-state index in [1.807, 2.05) is 38.1 Å². The Labute approximate surface area is 136 Å². The minimum atomic E-state index is 0.0677. The van der Waals surface area contributed by atoms with Gasteiger partial charge in [-0.05, 0) is 37.6 Å². The Hall–Kier alpha value is -1.78. The maximum atomic E-state index is 6.33. The van der Waals surface area contributed by atoms with Crippen LogP contribution in [0.3, 0.4) is 0 Å². The molecule has 0 unspecified atom stereocenters. The van der Waals surface area contributed by atoms with Crippen molar-refractivity contribution in [1.29, 1.82) is 0 Å². The van der Waals surface area contributed by atoms with E-state index in [2.05, 4.69) is 10.3 Å². The Morgan fingerprint density at radius 1 is 1.18 bits per heavy atom. The second-order valence-corrected chi connectivity index (χ2v) is 5.59. The summed E-state index contributed by atoms with van der Waals surface area (Å²) in [5.41, 5.74) is 1.95. The van der Waals surface area contributed by atoms with Gasteiger partial charge in [0.2, 0.25) is 0 Å². The van der Waals surface area contributed by atoms with Crippen LogP contribution >= 0.6 is 11.6 Å². The average Bonchev–Trinajstić information content (AvgIpc) is 2.50. The molecular formula is C17H21ClN2O2. The SMILES string of the molecule is COc1cc(CNCc2ccccn2)c(Cl)cc1OC(C)C. The van der Waals surface area contributed by atoms with Crippen molar-refractivity contribution in [2.24, 2.45) is 0 Å². The molecule has 4 nitrogen and oxygen atoms in total. The molecular weight excluding hydrogens is 300 g/mol. The van der Waals surface area contributed by atoms with Gasteiger partial charge in [-0.3, -0.25) is 4.98 Å². The molecule has 5 heteroatoms. The molecule has 0 aliphatic carbocycles. The summed E-state index contributed by atoms with van der Waals surface area (Å²) in [7, 11) is 1.63. The van der Waals surface area contributed by atoms with Gasteiger partial charge in [0, 0.05) is 30.4 Å². The van der Waals surface area contributed by atoms with Gasteiger partial charge in [0.05, 0.1) is 18.9 Å². The lowest BCUT2D eigenvalue weighted by molar-refractivity contribution is 0.230. The molecule has 2 rings (SSSR count). The number of hydrogen-bond acceptors (Lipinski definition) is 4. The van der Waals surface area contributed by atoms with Gasteiger partial charge in [0.1, 0.15) is 0 Å². The summed E-state index contributed by atoms with van der Waals surface area (Å²) < 4.78 is 11.1. The smallest absolute Gasteiger partial charge is 0.163 e. The van der Waals surface area contributed by atoms with Crippen LogP contribution in [0.5, 0.6) is 11.5 Å². The van der Waals surface area contributed by atoms with Crippen LogP contribution in [0.1, 0.15) is 25.1 Å². The van der Waals surface area contributed by atoms with Crippen LogP contribution in [0.25, 0.3) is 0 Å². The van der Waals surface area contributed by atoms with Crippen molar-refractivity contribution in [3.8, 4) is 11.5 Å². The second kappa shape index (κ2) is 8.01. The predicted octanol–water partition coefficient (Wildman–Crippen LogP) is 3.82. The lowest BCUT2D eigenvalue weighted by Crippen LogP contribution is -2.14. The second-order valence-electron chi connectivity index (χ2n) is 5.19. The summed E-state index contributed by atoms with van der Waals surface area (Å²) in [5, 5.41) is 3.98. The van der Waals surface area contributed by atoms with Crippen LogP contribution in [-0.2, 0) is 13.1 Å². The predicted molar refractivity (Wildman–Crippen MR) is 88.5 cm³/mol. The number of nitrogens with one attached hydrogen (secondary N) is 1. The first-order chi connectivity index (χ1) is 10.6. The van der Waals surface area contributed by atoms with Gasteiger partial charge in [-0.1, -0.05) is 17.7 Å². The van der Waals surface area contributed by atoms with E-state index in [9.17, 15) is 0 Å². The van der Waals surface area contributed by atoms with Crippen molar-refractivity contribution in [3.05, 3.63) is 52.8 Å². The number of pyridine rings is 1. The molecule has 0 aliphatic rings. The zero-order valence-electron chi connectivity index (χ0n) is 13.1. The quantitative estimate of drug-likeness (QED) is 0.842. The molecule has 1 aromatic carbocycles. The fraction of sp³-hybridized carbons (Fsp3) is 0.353. The standard InChI is InChI=1S/C17H21ClN2O2/c1-12(2)22-17-9-15(18)13(8-16(17)21-3)10-19-11-14-6-4-5-7-20-14/h4-9,12,19H,10-11H2,1-3H3. The summed E-state index contributed by atoms with van der Waals surface area (Å²) in [6.45, 7) is 5.25. The van der Waals surface area contributed by atoms with Crippen LogP contribution in [0.2, 0.25) is 5.02 Å². The van der Waals surface area contributed by atoms with E-state index >= 15 is 0 Å². The maximum Gasteiger partial charge on any atom is 0.163 e. The number of methoxy groups -OCH3 is 1. The molecule has 2 aromatic rings. The van der Waals surface area contributed by atoms with Crippen molar-refractivity contribution in [1.82, 2.24) is 10.3 Å². The average molecular weight is 321 g/mol. The summed E-state index contributed by atoms with van der Waals surface area (Å²) in [4.78, 5) is 4.27. The highest BCUT2D eigenvalue weighted by molar-refractivity contribution is 6.31. The highest BCUT2D eigenvalue weighted by Gasteiger charge is 2.11. The van der Waals surface area contributed by atoms with Crippen LogP contribution < -0.4 is 14.8 Å². The van der Waals surface area contributed by atoms with Gasteiger partial charge in [0.15, 0.2) is 11.5 Å². The molecule has 0 spiro atoms. The Balaban J connectivity index is 2.04. The van der Waals surface area contributed by atoms with E-state index < -0.39 is 0 Å². The van der Waals surface area contributed by atoms with Crippen molar-refractivity contribution < 1.29 is 9.47 Å². The molecule has 1 aromatic heterocycles. The topological polar surface area (TPSA) is 43.4 Å². The third-order valence-electron chi connectivity index (χ3n) is 3.04. The number of rotatable bonds is 7. The Bertz CT molecular complexity index is 603. The largest absolute Gasteiger partial charge is 0.493 e. The first kappa shape index (κ1) is 16.6. The lowest BCUT2D eigenvalue weighted by atomic mass is 10.2. The Morgan fingerprint density at radius 2 is 2.00 bits per heavy atom. The van der Waals surface area contributed by atoms with Crippen LogP contribution in [0.15, 0.2) is 36.5 Å². The number of hydrogen-bond donors (Lipinski definition) is 1. The number of halogens is 1. The summed E-state index contributed by atoms with van der Waals surface area (Å²) in [6.07, 6.45) is 1.85. The van der Waals surface area contributed by atoms with Crippen LogP contribution in [0.4, 0.5) is 0 Å². The number of ether oxygens (including phenoxy) is 2. The first-order valence-electron chi connectivity index (χ1n) is 7.24. The number of aromatic nitrogens is 1. The molecule has 1 N–H and O–H groups in total. The molecule has 22 heavy (non-hydrogen) atoms. The van der Waals surface area contributed by atoms with Crippen LogP contribution in [-0.4, -0.2) is 18.2 Å². The molecule has 0 radical (unpaired) electrons. The molecule has 0 saturated carbocycles. The van der Waals surface area contributed by atoms with Crippen molar-refractivity contribution in [2.75, 3.05) is 7.11 Å². The van der Waals surface area contributed by atoms with Gasteiger partial charge in [-0.25, -0.2) is 0 Å². The van der Waals surface area contributed by atoms with Gasteiger partial charge < -0.3 is 14.8 Å². The summed E-state index contributed by atoms with van der Waals surface area (Å²) in [6, 6.07) is 9.56. The molecule has 0 atom stereocenters. The normalized spacial score (nSPS) is 10.8. The van der Waals surface area contributed by atoms with Gasteiger partial charge in [-0.2, -0.15) is 0 Å². The summed E-state index contributed by atoms with van der Waals surface area (Å²) >= 11 is 6.33. The monoisotopic (exact) mass is 320 g/mol. The lowest BCUT2D eigenvalue weighted by Gasteiger charge is -2.16. The van der Waals surface area contributed by atoms with Crippen molar-refractivity contribution in [3.63, 3.8) is 0 Å². The fourth-order valence-electron chi connectivity index (χ4n) is 2.05. The molecule has 0 aliphatic heterocycles. The van der Waals surface area contributed by atoms with Gasteiger partial charge in [0.25, 0.3) is 0 Å². The third-order valence-corrected chi connectivity index (χ3v) is 3.39. The first-order valence-corrected chi connectivity index (χ1v) is 7.61. The van der Waals surface area contributed by atoms with E-state index in [4.69, 9.17) is 21.1 Å². The van der Waals surface area contributed by atoms with Gasteiger partial charge >= 0.3 is 0 Å². The molecule has 0 saturated heterocycles. The molecule has 0 amide bonds. The number of benzene rings is 1. The highest BCUT2D eigenvalue weighted by Crippen LogP contribution is 2.34. The van der Waals surface area contributed by atoms with E-state index in [0.717, 1.165) is 11.3 Å². The van der Waals surface area contributed by atoms with Gasteiger partial charge in [-0.15, -0.1) is 0 Å². The van der Waals surface area contributed by atoms with E-state index in [0.29, 0.717) is 29.6 Å². The molecule has 0 bridgehead atoms. The van der Waals surface area contributed by atoms with Crippen LogP contribution in [0, 0.1) is 0 Å². The van der Waals surface area contributed by atoms with E-state index in [-0.39, 0.29) is 6.10 Å². The maximum absolute atomic E-state index is 6.33. The summed E-state index contributed by atoms with van der Waals surface area (Å²) in [5.74, 6) is 1.35. The van der Waals surface area contributed by atoms with E-state index in [1.54, 1.807) is 19.4 Å². The fourth-order valence-corrected chi connectivity index (χ4v) is 2.27. The zero-order chi connectivity index (χ0) is 15.9. The molecule has 0 fully saturated rings. The minimum Gasteiger partial charge on any atom is -0.493 e. The Morgan fingerprint density at radius 3 is 2.64 bits per heavy atom. The minimum absolute atomic E-state index is 0.0677. The van der Waals surface area contributed by atoms with Crippen molar-refractivity contribution >= 4 is 11.6 Å². The van der Waals surface area contributed by atoms with E-state index in [1.165, 1.54) is 0 Å². The highest BCUT2D eigenvalue weighted by atomic mass is 35.5. The Kier molecular flexibility index (Phi) is 6.04. The number of nitrogens with zero attached hydrogens (tertiary/aromatic N) is 1. The third kappa shape index (κ3) is 4.61. The zero-order valence-corrected chi connectivity index (χ0v) is 13.9.